The van der Waals surface area contributed by atoms with E-state index in [0.29, 0.717) is 0 Å². The van der Waals surface area contributed by atoms with Gasteiger partial charge in [0.1, 0.15) is 0 Å². The molecule has 35 heavy (non-hydrogen) atoms. The molecule has 0 nitrogen and oxygen atoms in total. The first-order valence-electron chi connectivity index (χ1n) is 11.9. The third kappa shape index (κ3) is 5.97. The van der Waals surface area contributed by atoms with Gasteiger partial charge in [-0.2, -0.15) is 0 Å². The smallest absolute Gasteiger partial charge is 0.0708 e. The maximum Gasteiger partial charge on any atom is 0.0708 e. The summed E-state index contributed by atoms with van der Waals surface area (Å²) in [6.45, 7) is 4.53. The second-order valence-electron chi connectivity index (χ2n) is 8.51. The Balaban J connectivity index is 1.37. The van der Waals surface area contributed by atoms with Gasteiger partial charge in [-0.3, -0.25) is 0 Å². The topological polar surface area (TPSA) is 0 Å². The highest BCUT2D eigenvalue weighted by molar-refractivity contribution is 9.11. The van der Waals surface area contributed by atoms with Gasteiger partial charge in [0, 0.05) is 39.0 Å². The van der Waals surface area contributed by atoms with Gasteiger partial charge in [-0.05, 0) is 117 Å². The maximum absolute atomic E-state index is 3.71. The minimum atomic E-state index is 1.16. The summed E-state index contributed by atoms with van der Waals surface area (Å²) in [5.41, 5.74) is 2.96. The van der Waals surface area contributed by atoms with Crippen molar-refractivity contribution in [3.63, 3.8) is 0 Å². The van der Waals surface area contributed by atoms with Crippen LogP contribution in [0.15, 0.2) is 56.1 Å². The SMILES string of the molecule is CCCCc1cc(Br)sc1-c1ccc(-c2ccc(-c3ccc(-c4sc(Br)cc4CCCC)s3)s2)s1. The van der Waals surface area contributed by atoms with Gasteiger partial charge in [0.05, 0.1) is 7.57 Å². The van der Waals surface area contributed by atoms with Gasteiger partial charge in [0.25, 0.3) is 0 Å². The molecule has 182 valence electrons. The van der Waals surface area contributed by atoms with Crippen LogP contribution in [0.25, 0.3) is 39.0 Å². The quantitative estimate of drug-likeness (QED) is 0.138. The minimum absolute atomic E-state index is 1.16. The standard InChI is InChI=1S/C28H26Br2S5/c1-3-5-7-17-15-25(29)34-27(17)23-13-11-21(32-23)19-9-10-20(31-19)22-12-14-24(33-22)28-18(8-6-4-2)16-26(30)35-28/h9-16H,3-8H2,1-2H3. The van der Waals surface area contributed by atoms with E-state index >= 15 is 0 Å². The molecule has 0 saturated carbocycles. The highest BCUT2D eigenvalue weighted by Gasteiger charge is 2.16. The molecule has 0 fully saturated rings. The van der Waals surface area contributed by atoms with E-state index in [4.69, 9.17) is 0 Å². The second-order valence-corrected chi connectivity index (χ2v) is 16.6. The molecule has 5 aromatic rings. The molecular formula is C28H26Br2S5. The molecule has 0 aliphatic rings. The molecule has 5 heterocycles. The molecule has 0 saturated heterocycles. The lowest BCUT2D eigenvalue weighted by atomic mass is 10.1. The van der Waals surface area contributed by atoms with E-state index in [9.17, 15) is 0 Å². The zero-order chi connectivity index (χ0) is 24.4. The number of hydrogen-bond donors (Lipinski definition) is 0. The predicted octanol–water partition coefficient (Wildman–Crippen LogP) is 12.9. The zero-order valence-electron chi connectivity index (χ0n) is 19.7. The first kappa shape index (κ1) is 26.1. The number of hydrogen-bond acceptors (Lipinski definition) is 5. The fourth-order valence-electron chi connectivity index (χ4n) is 4.10. The van der Waals surface area contributed by atoms with Crippen LogP contribution in [0.3, 0.4) is 0 Å². The van der Waals surface area contributed by atoms with Crippen molar-refractivity contribution in [3.8, 4) is 39.0 Å². The molecular weight excluding hydrogens is 656 g/mol. The van der Waals surface area contributed by atoms with E-state index < -0.39 is 0 Å². The van der Waals surface area contributed by atoms with Crippen LogP contribution in [0.1, 0.15) is 50.7 Å². The first-order chi connectivity index (χ1) is 17.1. The van der Waals surface area contributed by atoms with Crippen LogP contribution in [0.4, 0.5) is 0 Å². The van der Waals surface area contributed by atoms with Gasteiger partial charge >= 0.3 is 0 Å². The summed E-state index contributed by atoms with van der Waals surface area (Å²) in [5.74, 6) is 0. The summed E-state index contributed by atoms with van der Waals surface area (Å²) in [5, 5.41) is 0. The Morgan fingerprint density at radius 3 is 1.23 bits per heavy atom. The van der Waals surface area contributed by atoms with Crippen LogP contribution >= 0.6 is 88.5 Å². The number of aryl methyl sites for hydroxylation is 2. The highest BCUT2D eigenvalue weighted by atomic mass is 79.9. The molecule has 5 rings (SSSR count). The molecule has 0 radical (unpaired) electrons. The lowest BCUT2D eigenvalue weighted by Gasteiger charge is -2.00. The minimum Gasteiger partial charge on any atom is -0.134 e. The summed E-state index contributed by atoms with van der Waals surface area (Å²) >= 11 is 16.9. The zero-order valence-corrected chi connectivity index (χ0v) is 26.9. The molecule has 0 aromatic carbocycles. The number of unbranched alkanes of at least 4 members (excludes halogenated alkanes) is 2. The van der Waals surface area contributed by atoms with Gasteiger partial charge in [-0.15, -0.1) is 56.7 Å². The van der Waals surface area contributed by atoms with E-state index in [-0.39, 0.29) is 0 Å². The van der Waals surface area contributed by atoms with E-state index in [1.54, 1.807) is 0 Å². The Morgan fingerprint density at radius 2 is 0.857 bits per heavy atom. The van der Waals surface area contributed by atoms with Gasteiger partial charge in [-0.1, -0.05) is 26.7 Å². The number of halogens is 2. The van der Waals surface area contributed by atoms with E-state index in [1.165, 1.54) is 83.4 Å². The Morgan fingerprint density at radius 1 is 0.514 bits per heavy atom. The first-order valence-corrected chi connectivity index (χ1v) is 17.6. The van der Waals surface area contributed by atoms with Crippen molar-refractivity contribution in [1.29, 1.82) is 0 Å². The third-order valence-electron chi connectivity index (χ3n) is 5.91. The Bertz CT molecular complexity index is 1310. The monoisotopic (exact) mass is 680 g/mol. The van der Waals surface area contributed by atoms with Crippen molar-refractivity contribution >= 4 is 88.5 Å². The van der Waals surface area contributed by atoms with Crippen LogP contribution < -0.4 is 0 Å². The Hall–Kier alpha value is -0.540. The molecule has 7 heteroatoms. The maximum atomic E-state index is 3.71. The third-order valence-corrected chi connectivity index (χ3v) is 13.3. The summed E-state index contributed by atoms with van der Waals surface area (Å²) in [6.07, 6.45) is 7.27. The van der Waals surface area contributed by atoms with Crippen molar-refractivity contribution in [3.05, 3.63) is 67.2 Å². The average Bonchev–Trinajstić information content (AvgIpc) is 3.65. The van der Waals surface area contributed by atoms with Crippen LogP contribution in [0.2, 0.25) is 0 Å². The molecule has 0 unspecified atom stereocenters. The van der Waals surface area contributed by atoms with Gasteiger partial charge in [-0.25, -0.2) is 0 Å². The molecule has 0 N–H and O–H groups in total. The van der Waals surface area contributed by atoms with Crippen molar-refractivity contribution < 1.29 is 0 Å². The van der Waals surface area contributed by atoms with E-state index in [2.05, 4.69) is 94.2 Å². The molecule has 0 aliphatic heterocycles. The highest BCUT2D eigenvalue weighted by Crippen LogP contribution is 2.47. The average molecular weight is 683 g/mol. The van der Waals surface area contributed by atoms with E-state index in [0.717, 1.165) is 12.8 Å². The van der Waals surface area contributed by atoms with Gasteiger partial charge < -0.3 is 0 Å². The fourth-order valence-corrected chi connectivity index (χ4v) is 11.0. The molecule has 0 aliphatic carbocycles. The molecule has 0 spiro atoms. The molecule has 0 amide bonds. The van der Waals surface area contributed by atoms with Gasteiger partial charge in [0.15, 0.2) is 0 Å². The largest absolute Gasteiger partial charge is 0.134 e. The van der Waals surface area contributed by atoms with Crippen LogP contribution in [-0.2, 0) is 12.8 Å². The van der Waals surface area contributed by atoms with Crippen molar-refractivity contribution in [2.45, 2.75) is 52.4 Å². The fraction of sp³-hybridized carbons (Fsp3) is 0.286. The van der Waals surface area contributed by atoms with Crippen molar-refractivity contribution in [2.75, 3.05) is 0 Å². The Kier molecular flexibility index (Phi) is 8.86. The van der Waals surface area contributed by atoms with Crippen molar-refractivity contribution in [1.82, 2.24) is 0 Å². The summed E-state index contributed by atoms with van der Waals surface area (Å²) in [6, 6.07) is 18.4. The summed E-state index contributed by atoms with van der Waals surface area (Å²) in [7, 11) is 0. The molecule has 5 aromatic heterocycles. The molecule has 0 atom stereocenters. The van der Waals surface area contributed by atoms with Gasteiger partial charge in [0.2, 0.25) is 0 Å². The Labute approximate surface area is 245 Å². The lowest BCUT2D eigenvalue weighted by molar-refractivity contribution is 0.798. The van der Waals surface area contributed by atoms with Crippen molar-refractivity contribution in [2.24, 2.45) is 0 Å². The summed E-state index contributed by atoms with van der Waals surface area (Å²) < 4.78 is 2.46. The summed E-state index contributed by atoms with van der Waals surface area (Å²) in [4.78, 5) is 11.1. The van der Waals surface area contributed by atoms with Crippen LogP contribution in [0, 0.1) is 0 Å². The van der Waals surface area contributed by atoms with E-state index in [1.807, 2.05) is 56.7 Å². The predicted molar refractivity (Wildman–Crippen MR) is 170 cm³/mol. The lowest BCUT2D eigenvalue weighted by Crippen LogP contribution is -1.82. The number of thiophene rings is 5. The van der Waals surface area contributed by atoms with Crippen LogP contribution in [-0.4, -0.2) is 0 Å². The normalized spacial score (nSPS) is 11.5. The second kappa shape index (κ2) is 11.9. The number of rotatable bonds is 10. The molecule has 0 bridgehead atoms. The van der Waals surface area contributed by atoms with Crippen LogP contribution in [0.5, 0.6) is 0 Å².